The fourth-order valence-corrected chi connectivity index (χ4v) is 6.57. The van der Waals surface area contributed by atoms with Crippen molar-refractivity contribution in [2.75, 3.05) is 24.1 Å². The first-order chi connectivity index (χ1) is 14.3. The first kappa shape index (κ1) is 23.0. The van der Waals surface area contributed by atoms with Gasteiger partial charge in [0.2, 0.25) is 0 Å². The predicted molar refractivity (Wildman–Crippen MR) is 122 cm³/mol. The molecule has 7 heteroatoms. The topological polar surface area (TPSA) is 63.7 Å². The van der Waals surface area contributed by atoms with Crippen LogP contribution in [-0.2, 0) is 32.0 Å². The molecule has 1 saturated heterocycles. The summed E-state index contributed by atoms with van der Waals surface area (Å²) in [6, 6.07) is 14.2. The van der Waals surface area contributed by atoms with E-state index in [1.54, 1.807) is 24.3 Å². The highest BCUT2D eigenvalue weighted by Gasteiger charge is 2.27. The lowest BCUT2D eigenvalue weighted by Crippen LogP contribution is -2.34. The van der Waals surface area contributed by atoms with Crippen molar-refractivity contribution in [2.45, 2.75) is 55.1 Å². The summed E-state index contributed by atoms with van der Waals surface area (Å²) >= 11 is 0. The molecule has 164 valence electrons. The SMILES string of the molecule is CCc1ccc(N(CC(C)C)S(=O)(=O)c2ccc(S(=O)C3CCOCC3)cc2)cc1. The van der Waals surface area contributed by atoms with Crippen LogP contribution in [0.3, 0.4) is 0 Å². The Morgan fingerprint density at radius 1 is 1.03 bits per heavy atom. The molecule has 0 spiro atoms. The first-order valence-electron chi connectivity index (χ1n) is 10.5. The van der Waals surface area contributed by atoms with E-state index in [0.717, 1.165) is 19.3 Å². The maximum absolute atomic E-state index is 13.4. The number of anilines is 1. The summed E-state index contributed by atoms with van der Waals surface area (Å²) in [4.78, 5) is 0.888. The molecule has 1 unspecified atom stereocenters. The maximum atomic E-state index is 13.4. The fourth-order valence-electron chi connectivity index (χ4n) is 3.53. The Morgan fingerprint density at radius 3 is 2.17 bits per heavy atom. The predicted octanol–water partition coefficient (Wildman–Crippen LogP) is 4.39. The van der Waals surface area contributed by atoms with Gasteiger partial charge >= 0.3 is 0 Å². The van der Waals surface area contributed by atoms with Crippen molar-refractivity contribution in [3.05, 3.63) is 54.1 Å². The van der Waals surface area contributed by atoms with Crippen LogP contribution in [0.5, 0.6) is 0 Å². The minimum atomic E-state index is -3.72. The fraction of sp³-hybridized carbons (Fsp3) is 0.478. The van der Waals surface area contributed by atoms with E-state index in [2.05, 4.69) is 6.92 Å². The van der Waals surface area contributed by atoms with Gasteiger partial charge in [-0.2, -0.15) is 0 Å². The molecule has 1 atom stereocenters. The van der Waals surface area contributed by atoms with E-state index in [1.807, 2.05) is 38.1 Å². The molecule has 0 aliphatic carbocycles. The highest BCUT2D eigenvalue weighted by atomic mass is 32.2. The van der Waals surface area contributed by atoms with E-state index in [-0.39, 0.29) is 16.1 Å². The second-order valence-corrected chi connectivity index (χ2v) is 11.6. The second kappa shape index (κ2) is 10.1. The molecule has 1 aliphatic heterocycles. The molecule has 0 amide bonds. The normalized spacial score (nSPS) is 16.5. The Kier molecular flexibility index (Phi) is 7.71. The average molecular weight is 450 g/mol. The molecule has 0 N–H and O–H groups in total. The summed E-state index contributed by atoms with van der Waals surface area (Å²) in [7, 11) is -4.87. The number of hydrogen-bond donors (Lipinski definition) is 0. The molecule has 0 bridgehead atoms. The van der Waals surface area contributed by atoms with Crippen molar-refractivity contribution in [1.29, 1.82) is 0 Å². The smallest absolute Gasteiger partial charge is 0.264 e. The van der Waals surface area contributed by atoms with Crippen LogP contribution in [0.15, 0.2) is 58.3 Å². The van der Waals surface area contributed by atoms with Gasteiger partial charge in [-0.3, -0.25) is 8.51 Å². The van der Waals surface area contributed by atoms with Crippen LogP contribution in [0, 0.1) is 5.92 Å². The van der Waals surface area contributed by atoms with Gasteiger partial charge in [0.15, 0.2) is 0 Å². The Hall–Kier alpha value is -1.70. The standard InChI is InChI=1S/C23H31NO4S2/c1-4-19-5-7-20(8-6-19)24(17-18(2)3)30(26,27)23-11-9-21(10-12-23)29(25)22-13-15-28-16-14-22/h5-12,18,22H,4,13-17H2,1-3H3. The zero-order valence-corrected chi connectivity index (χ0v) is 19.5. The highest BCUT2D eigenvalue weighted by Crippen LogP contribution is 2.27. The highest BCUT2D eigenvalue weighted by molar-refractivity contribution is 7.92. The van der Waals surface area contributed by atoms with Crippen molar-refractivity contribution in [2.24, 2.45) is 5.92 Å². The van der Waals surface area contributed by atoms with E-state index < -0.39 is 20.8 Å². The minimum absolute atomic E-state index is 0.0655. The lowest BCUT2D eigenvalue weighted by atomic mass is 10.1. The van der Waals surface area contributed by atoms with Crippen LogP contribution < -0.4 is 4.31 Å². The Morgan fingerprint density at radius 2 is 1.63 bits per heavy atom. The van der Waals surface area contributed by atoms with Crippen molar-refractivity contribution < 1.29 is 17.4 Å². The number of ether oxygens (including phenoxy) is 1. The molecular weight excluding hydrogens is 418 g/mol. The third-order valence-electron chi connectivity index (χ3n) is 5.28. The summed E-state index contributed by atoms with van der Waals surface area (Å²) in [5, 5.41) is 0.0655. The number of benzene rings is 2. The van der Waals surface area contributed by atoms with Gasteiger partial charge in [0.25, 0.3) is 10.0 Å². The molecule has 0 saturated carbocycles. The van der Waals surface area contributed by atoms with Crippen molar-refractivity contribution in [3.8, 4) is 0 Å². The summed E-state index contributed by atoms with van der Waals surface area (Å²) in [5.74, 6) is 0.172. The Labute approximate surface area is 183 Å². The average Bonchev–Trinajstić information content (AvgIpc) is 2.77. The maximum Gasteiger partial charge on any atom is 0.264 e. The van der Waals surface area contributed by atoms with E-state index in [4.69, 9.17) is 4.74 Å². The molecule has 2 aromatic rings. The summed E-state index contributed by atoms with van der Waals surface area (Å²) in [6.45, 7) is 7.73. The molecule has 5 nitrogen and oxygen atoms in total. The molecule has 0 aromatic heterocycles. The van der Waals surface area contributed by atoms with Gasteiger partial charge in [0, 0.05) is 29.9 Å². The third kappa shape index (κ3) is 5.31. The Balaban J connectivity index is 1.87. The molecule has 3 rings (SSSR count). The van der Waals surface area contributed by atoms with Crippen LogP contribution in [0.25, 0.3) is 0 Å². The third-order valence-corrected chi connectivity index (χ3v) is 8.90. The Bertz CT molecular complexity index is 948. The molecule has 2 aromatic carbocycles. The quantitative estimate of drug-likeness (QED) is 0.600. The van der Waals surface area contributed by atoms with Gasteiger partial charge in [-0.25, -0.2) is 8.42 Å². The molecule has 1 heterocycles. The summed E-state index contributed by atoms with van der Waals surface area (Å²) in [5.41, 5.74) is 1.83. The van der Waals surface area contributed by atoms with Gasteiger partial charge in [-0.05, 0) is 67.1 Å². The van der Waals surface area contributed by atoms with Gasteiger partial charge in [-0.15, -0.1) is 0 Å². The van der Waals surface area contributed by atoms with Gasteiger partial charge in [-0.1, -0.05) is 32.9 Å². The number of nitrogens with zero attached hydrogens (tertiary/aromatic N) is 1. The van der Waals surface area contributed by atoms with Crippen LogP contribution >= 0.6 is 0 Å². The van der Waals surface area contributed by atoms with Gasteiger partial charge in [0.1, 0.15) is 0 Å². The van der Waals surface area contributed by atoms with Crippen LogP contribution in [0.1, 0.15) is 39.2 Å². The van der Waals surface area contributed by atoms with E-state index >= 15 is 0 Å². The number of rotatable bonds is 8. The molecule has 30 heavy (non-hydrogen) atoms. The summed E-state index contributed by atoms with van der Waals surface area (Å²) in [6.07, 6.45) is 2.44. The van der Waals surface area contributed by atoms with E-state index in [9.17, 15) is 12.6 Å². The van der Waals surface area contributed by atoms with Crippen LogP contribution in [-0.4, -0.2) is 37.6 Å². The van der Waals surface area contributed by atoms with Crippen molar-refractivity contribution >= 4 is 26.5 Å². The van der Waals surface area contributed by atoms with Gasteiger partial charge in [0.05, 0.1) is 21.4 Å². The number of hydrogen-bond acceptors (Lipinski definition) is 4. The van der Waals surface area contributed by atoms with E-state index in [1.165, 1.54) is 9.87 Å². The van der Waals surface area contributed by atoms with Crippen LogP contribution in [0.4, 0.5) is 5.69 Å². The molecule has 1 fully saturated rings. The van der Waals surface area contributed by atoms with Gasteiger partial charge < -0.3 is 4.74 Å². The lowest BCUT2D eigenvalue weighted by molar-refractivity contribution is 0.0992. The largest absolute Gasteiger partial charge is 0.381 e. The second-order valence-electron chi connectivity index (χ2n) is 8.03. The molecule has 0 radical (unpaired) electrons. The molecular formula is C23H31NO4S2. The lowest BCUT2D eigenvalue weighted by Gasteiger charge is -2.26. The first-order valence-corrected chi connectivity index (χ1v) is 13.2. The minimum Gasteiger partial charge on any atom is -0.381 e. The van der Waals surface area contributed by atoms with Crippen LogP contribution in [0.2, 0.25) is 0 Å². The number of sulfonamides is 1. The molecule has 1 aliphatic rings. The summed E-state index contributed by atoms with van der Waals surface area (Å²) < 4.78 is 46.5. The van der Waals surface area contributed by atoms with Crippen molar-refractivity contribution in [3.63, 3.8) is 0 Å². The van der Waals surface area contributed by atoms with E-state index in [0.29, 0.717) is 30.3 Å². The van der Waals surface area contributed by atoms with Crippen molar-refractivity contribution in [1.82, 2.24) is 0 Å². The zero-order chi connectivity index (χ0) is 21.7. The monoisotopic (exact) mass is 449 g/mol. The zero-order valence-electron chi connectivity index (χ0n) is 17.9. The number of aryl methyl sites for hydroxylation is 1.